The zero-order chi connectivity index (χ0) is 17.6. The highest BCUT2D eigenvalue weighted by molar-refractivity contribution is 5.95. The highest BCUT2D eigenvalue weighted by atomic mass is 16.6. The molecule has 0 aliphatic carbocycles. The van der Waals surface area contributed by atoms with Gasteiger partial charge in [0, 0.05) is 38.2 Å². The Morgan fingerprint density at radius 2 is 1.72 bits per heavy atom. The van der Waals surface area contributed by atoms with Gasteiger partial charge in [-0.25, -0.2) is 4.79 Å². The molecule has 0 saturated carbocycles. The molecule has 2 aliphatic heterocycles. The lowest BCUT2D eigenvalue weighted by Gasteiger charge is -2.22. The van der Waals surface area contributed by atoms with Gasteiger partial charge in [-0.3, -0.25) is 4.79 Å². The highest BCUT2D eigenvalue weighted by Crippen LogP contribution is 2.30. The molecular formula is C18H24N2O5. The molecule has 2 heterocycles. The van der Waals surface area contributed by atoms with E-state index in [1.165, 1.54) is 0 Å². The Balaban J connectivity index is 1.67. The Morgan fingerprint density at radius 3 is 2.52 bits per heavy atom. The molecule has 0 aromatic heterocycles. The highest BCUT2D eigenvalue weighted by Gasteiger charge is 2.24. The quantitative estimate of drug-likeness (QED) is 0.819. The Morgan fingerprint density at radius 1 is 1.00 bits per heavy atom. The van der Waals surface area contributed by atoms with Crippen molar-refractivity contribution < 1.29 is 23.8 Å². The summed E-state index contributed by atoms with van der Waals surface area (Å²) in [5.41, 5.74) is 0.578. The summed E-state index contributed by atoms with van der Waals surface area (Å²) in [6, 6.07) is 5.30. The zero-order valence-corrected chi connectivity index (χ0v) is 14.5. The van der Waals surface area contributed by atoms with Crippen LogP contribution in [0, 0.1) is 0 Å². The van der Waals surface area contributed by atoms with Crippen molar-refractivity contribution in [3.05, 3.63) is 23.8 Å². The summed E-state index contributed by atoms with van der Waals surface area (Å²) in [7, 11) is 0. The van der Waals surface area contributed by atoms with Crippen molar-refractivity contribution >= 4 is 12.0 Å². The molecular weight excluding hydrogens is 324 g/mol. The van der Waals surface area contributed by atoms with Crippen molar-refractivity contribution in [2.75, 3.05) is 46.0 Å². The third-order valence-corrected chi connectivity index (χ3v) is 4.30. The molecule has 2 amide bonds. The summed E-state index contributed by atoms with van der Waals surface area (Å²) >= 11 is 0. The first-order valence-electron chi connectivity index (χ1n) is 8.79. The minimum Gasteiger partial charge on any atom is -0.490 e. The Labute approximate surface area is 147 Å². The van der Waals surface area contributed by atoms with Gasteiger partial charge in [0.05, 0.1) is 19.8 Å². The molecule has 1 aromatic carbocycles. The molecule has 25 heavy (non-hydrogen) atoms. The number of amides is 2. The van der Waals surface area contributed by atoms with E-state index in [0.29, 0.717) is 63.1 Å². The lowest BCUT2D eigenvalue weighted by atomic mass is 10.1. The van der Waals surface area contributed by atoms with Gasteiger partial charge in [0.1, 0.15) is 0 Å². The van der Waals surface area contributed by atoms with Crippen molar-refractivity contribution in [2.45, 2.75) is 19.8 Å². The largest absolute Gasteiger partial charge is 0.490 e. The van der Waals surface area contributed by atoms with Crippen LogP contribution in [0.15, 0.2) is 18.2 Å². The molecule has 3 rings (SSSR count). The van der Waals surface area contributed by atoms with E-state index in [0.717, 1.165) is 12.8 Å². The van der Waals surface area contributed by atoms with Crippen molar-refractivity contribution in [1.29, 1.82) is 0 Å². The fourth-order valence-electron chi connectivity index (χ4n) is 3.00. The van der Waals surface area contributed by atoms with Crippen LogP contribution in [0.3, 0.4) is 0 Å². The van der Waals surface area contributed by atoms with Gasteiger partial charge in [0.25, 0.3) is 5.91 Å². The van der Waals surface area contributed by atoms with E-state index in [2.05, 4.69) is 0 Å². The van der Waals surface area contributed by atoms with Gasteiger partial charge < -0.3 is 24.0 Å². The number of carbonyl (C=O) groups is 2. The maximum absolute atomic E-state index is 12.8. The van der Waals surface area contributed by atoms with Crippen LogP contribution in [-0.2, 0) is 4.74 Å². The predicted molar refractivity (Wildman–Crippen MR) is 91.2 cm³/mol. The molecule has 0 atom stereocenters. The van der Waals surface area contributed by atoms with Gasteiger partial charge in [0.15, 0.2) is 11.5 Å². The molecule has 1 fully saturated rings. The van der Waals surface area contributed by atoms with Gasteiger partial charge in [0.2, 0.25) is 0 Å². The molecule has 0 N–H and O–H groups in total. The topological polar surface area (TPSA) is 68.3 Å². The first-order chi connectivity index (χ1) is 12.2. The third kappa shape index (κ3) is 4.15. The molecule has 7 nitrogen and oxygen atoms in total. The van der Waals surface area contributed by atoms with Crippen molar-refractivity contribution in [2.24, 2.45) is 0 Å². The van der Waals surface area contributed by atoms with E-state index in [1.807, 2.05) is 0 Å². The maximum Gasteiger partial charge on any atom is 0.409 e. The number of nitrogens with zero attached hydrogens (tertiary/aromatic N) is 2. The lowest BCUT2D eigenvalue weighted by molar-refractivity contribution is 0.0753. The Bertz CT molecular complexity index is 634. The summed E-state index contributed by atoms with van der Waals surface area (Å²) < 4.78 is 16.3. The van der Waals surface area contributed by atoms with Gasteiger partial charge in [-0.05, 0) is 31.5 Å². The standard InChI is InChI=1S/C18H24N2O5/c1-2-23-18(22)20-8-3-7-19(9-10-20)17(21)14-5-6-15-16(13-14)25-12-4-11-24-15/h5-6,13H,2-4,7-12H2,1H3. The smallest absolute Gasteiger partial charge is 0.409 e. The second-order valence-electron chi connectivity index (χ2n) is 6.04. The van der Waals surface area contributed by atoms with E-state index in [4.69, 9.17) is 14.2 Å². The Hall–Kier alpha value is -2.44. The number of benzene rings is 1. The average Bonchev–Trinajstić information content (AvgIpc) is 3.01. The van der Waals surface area contributed by atoms with Crippen LogP contribution >= 0.6 is 0 Å². The first-order valence-corrected chi connectivity index (χ1v) is 8.79. The summed E-state index contributed by atoms with van der Waals surface area (Å²) in [4.78, 5) is 28.1. The van der Waals surface area contributed by atoms with E-state index in [1.54, 1.807) is 34.9 Å². The molecule has 0 radical (unpaired) electrons. The number of rotatable bonds is 2. The van der Waals surface area contributed by atoms with Crippen LogP contribution in [-0.4, -0.2) is 67.8 Å². The van der Waals surface area contributed by atoms with Gasteiger partial charge >= 0.3 is 6.09 Å². The van der Waals surface area contributed by atoms with Gasteiger partial charge in [-0.1, -0.05) is 0 Å². The lowest BCUT2D eigenvalue weighted by Crippen LogP contribution is -2.37. The van der Waals surface area contributed by atoms with Crippen molar-refractivity contribution in [3.8, 4) is 11.5 Å². The minimum atomic E-state index is -0.313. The van der Waals surface area contributed by atoms with E-state index < -0.39 is 0 Å². The van der Waals surface area contributed by atoms with Crippen LogP contribution in [0.1, 0.15) is 30.1 Å². The second kappa shape index (κ2) is 8.09. The van der Waals surface area contributed by atoms with Crippen LogP contribution in [0.5, 0.6) is 11.5 Å². The number of ether oxygens (including phenoxy) is 3. The van der Waals surface area contributed by atoms with E-state index >= 15 is 0 Å². The normalized spacial score (nSPS) is 17.5. The molecule has 0 unspecified atom stereocenters. The second-order valence-corrected chi connectivity index (χ2v) is 6.04. The average molecular weight is 348 g/mol. The molecule has 2 aliphatic rings. The molecule has 0 bridgehead atoms. The maximum atomic E-state index is 12.8. The van der Waals surface area contributed by atoms with Gasteiger partial charge in [-0.15, -0.1) is 0 Å². The monoisotopic (exact) mass is 348 g/mol. The first kappa shape index (κ1) is 17.4. The van der Waals surface area contributed by atoms with Crippen LogP contribution in [0.4, 0.5) is 4.79 Å². The number of hydrogen-bond donors (Lipinski definition) is 0. The number of carbonyl (C=O) groups excluding carboxylic acids is 2. The van der Waals surface area contributed by atoms with Crippen LogP contribution in [0.25, 0.3) is 0 Å². The predicted octanol–water partition coefficient (Wildman–Crippen LogP) is 2.15. The fraction of sp³-hybridized carbons (Fsp3) is 0.556. The summed E-state index contributed by atoms with van der Waals surface area (Å²) in [6.07, 6.45) is 1.25. The number of hydrogen-bond acceptors (Lipinski definition) is 5. The summed E-state index contributed by atoms with van der Waals surface area (Å²) in [6.45, 7) is 5.54. The van der Waals surface area contributed by atoms with Crippen molar-refractivity contribution in [3.63, 3.8) is 0 Å². The van der Waals surface area contributed by atoms with E-state index in [-0.39, 0.29) is 12.0 Å². The van der Waals surface area contributed by atoms with Crippen LogP contribution in [0.2, 0.25) is 0 Å². The summed E-state index contributed by atoms with van der Waals surface area (Å²) in [5.74, 6) is 1.24. The molecule has 1 aromatic rings. The molecule has 1 saturated heterocycles. The van der Waals surface area contributed by atoms with E-state index in [9.17, 15) is 9.59 Å². The SMILES string of the molecule is CCOC(=O)N1CCCN(C(=O)c2ccc3c(c2)OCCCO3)CC1. The van der Waals surface area contributed by atoms with Gasteiger partial charge in [-0.2, -0.15) is 0 Å². The van der Waals surface area contributed by atoms with Crippen molar-refractivity contribution in [1.82, 2.24) is 9.80 Å². The Kier molecular flexibility index (Phi) is 5.63. The number of fused-ring (bicyclic) bond motifs is 1. The molecule has 0 spiro atoms. The summed E-state index contributed by atoms with van der Waals surface area (Å²) in [5, 5.41) is 0. The molecule has 7 heteroatoms. The van der Waals surface area contributed by atoms with Crippen LogP contribution < -0.4 is 9.47 Å². The minimum absolute atomic E-state index is 0.0543. The molecule has 136 valence electrons. The fourth-order valence-corrected chi connectivity index (χ4v) is 3.00. The third-order valence-electron chi connectivity index (χ3n) is 4.30. The zero-order valence-electron chi connectivity index (χ0n) is 14.5.